The van der Waals surface area contributed by atoms with Crippen LogP contribution in [0.25, 0.3) is 0 Å². The summed E-state index contributed by atoms with van der Waals surface area (Å²) in [5, 5.41) is 21.6. The molecule has 0 heterocycles. The van der Waals surface area contributed by atoms with Gasteiger partial charge in [-0.25, -0.2) is 0 Å². The standard InChI is InChI=1S/C10H15NO2.ClH/c1-11-7-6-10(13)8-2-4-9(12)5-3-8;/h2-5,10-13H,6-7H2,1H3;1H. The summed E-state index contributed by atoms with van der Waals surface area (Å²) in [6, 6.07) is 6.63. The lowest BCUT2D eigenvalue weighted by Gasteiger charge is -2.10. The molecule has 80 valence electrons. The number of halogens is 1. The molecule has 1 aromatic carbocycles. The van der Waals surface area contributed by atoms with Crippen molar-refractivity contribution in [1.29, 1.82) is 0 Å². The van der Waals surface area contributed by atoms with Gasteiger partial charge in [0.25, 0.3) is 0 Å². The van der Waals surface area contributed by atoms with Gasteiger partial charge in [0, 0.05) is 0 Å². The van der Waals surface area contributed by atoms with Gasteiger partial charge < -0.3 is 15.5 Å². The molecule has 1 unspecified atom stereocenters. The highest BCUT2D eigenvalue weighted by atomic mass is 35.5. The van der Waals surface area contributed by atoms with E-state index in [0.29, 0.717) is 6.42 Å². The lowest BCUT2D eigenvalue weighted by Crippen LogP contribution is -2.11. The zero-order valence-electron chi connectivity index (χ0n) is 8.10. The van der Waals surface area contributed by atoms with E-state index in [1.54, 1.807) is 24.3 Å². The second-order valence-corrected chi connectivity index (χ2v) is 3.00. The van der Waals surface area contributed by atoms with Gasteiger partial charge in [-0.1, -0.05) is 12.1 Å². The molecule has 3 nitrogen and oxygen atoms in total. The Morgan fingerprint density at radius 1 is 1.29 bits per heavy atom. The Labute approximate surface area is 90.2 Å². The molecule has 0 spiro atoms. The molecule has 0 amide bonds. The second-order valence-electron chi connectivity index (χ2n) is 3.00. The summed E-state index contributed by atoms with van der Waals surface area (Å²) in [6.45, 7) is 0.780. The van der Waals surface area contributed by atoms with E-state index >= 15 is 0 Å². The number of rotatable bonds is 4. The quantitative estimate of drug-likeness (QED) is 0.716. The van der Waals surface area contributed by atoms with E-state index in [1.807, 2.05) is 7.05 Å². The first kappa shape index (κ1) is 13.2. The van der Waals surface area contributed by atoms with E-state index in [-0.39, 0.29) is 18.2 Å². The highest BCUT2D eigenvalue weighted by molar-refractivity contribution is 5.85. The maximum Gasteiger partial charge on any atom is 0.115 e. The summed E-state index contributed by atoms with van der Waals surface area (Å²) in [4.78, 5) is 0. The maximum atomic E-state index is 9.62. The first-order chi connectivity index (χ1) is 6.24. The Balaban J connectivity index is 0.00000169. The number of aliphatic hydroxyl groups excluding tert-OH is 1. The van der Waals surface area contributed by atoms with Gasteiger partial charge in [0.15, 0.2) is 0 Å². The Morgan fingerprint density at radius 3 is 2.36 bits per heavy atom. The van der Waals surface area contributed by atoms with Crippen LogP contribution < -0.4 is 5.32 Å². The van der Waals surface area contributed by atoms with Crippen LogP contribution >= 0.6 is 12.4 Å². The van der Waals surface area contributed by atoms with E-state index in [4.69, 9.17) is 5.11 Å². The predicted octanol–water partition coefficient (Wildman–Crippen LogP) is 1.46. The molecule has 0 aliphatic carbocycles. The number of hydrogen-bond donors (Lipinski definition) is 3. The highest BCUT2D eigenvalue weighted by Crippen LogP contribution is 2.18. The smallest absolute Gasteiger partial charge is 0.115 e. The number of phenolic OH excluding ortho intramolecular Hbond substituents is 1. The monoisotopic (exact) mass is 217 g/mol. The molecule has 4 heteroatoms. The molecule has 3 N–H and O–H groups in total. The van der Waals surface area contributed by atoms with E-state index < -0.39 is 6.10 Å². The van der Waals surface area contributed by atoms with Gasteiger partial charge in [-0.3, -0.25) is 0 Å². The van der Waals surface area contributed by atoms with Gasteiger partial charge >= 0.3 is 0 Å². The molecular formula is C10H16ClNO2. The number of aliphatic hydroxyl groups is 1. The van der Waals surface area contributed by atoms with E-state index in [9.17, 15) is 5.11 Å². The fourth-order valence-electron chi connectivity index (χ4n) is 1.14. The molecule has 0 bridgehead atoms. The molecule has 0 aliphatic rings. The van der Waals surface area contributed by atoms with Crippen molar-refractivity contribution in [2.45, 2.75) is 12.5 Å². The first-order valence-electron chi connectivity index (χ1n) is 4.35. The summed E-state index contributed by atoms with van der Waals surface area (Å²) in [7, 11) is 1.85. The van der Waals surface area contributed by atoms with Crippen LogP contribution in [0.1, 0.15) is 18.1 Å². The SMILES string of the molecule is CNCCC(O)c1ccc(O)cc1.Cl. The summed E-state index contributed by atoms with van der Waals surface area (Å²) >= 11 is 0. The van der Waals surface area contributed by atoms with Crippen LogP contribution in [-0.2, 0) is 0 Å². The summed E-state index contributed by atoms with van der Waals surface area (Å²) in [6.07, 6.45) is 0.231. The summed E-state index contributed by atoms with van der Waals surface area (Å²) in [5.74, 6) is 0.226. The van der Waals surface area contributed by atoms with E-state index in [1.165, 1.54) is 0 Å². The Bertz CT molecular complexity index is 251. The van der Waals surface area contributed by atoms with Crippen LogP contribution in [-0.4, -0.2) is 23.8 Å². The molecule has 0 radical (unpaired) electrons. The lowest BCUT2D eigenvalue weighted by atomic mass is 10.1. The normalized spacial score (nSPS) is 11.9. The van der Waals surface area contributed by atoms with Gasteiger partial charge in [0.1, 0.15) is 5.75 Å². The van der Waals surface area contributed by atoms with Crippen LogP contribution in [0.2, 0.25) is 0 Å². The van der Waals surface area contributed by atoms with Crippen molar-refractivity contribution >= 4 is 12.4 Å². The van der Waals surface area contributed by atoms with Crippen LogP contribution in [0.5, 0.6) is 5.75 Å². The summed E-state index contributed by atoms with van der Waals surface area (Å²) in [5.41, 5.74) is 0.841. The fourth-order valence-corrected chi connectivity index (χ4v) is 1.14. The van der Waals surface area contributed by atoms with Crippen molar-refractivity contribution in [2.24, 2.45) is 0 Å². The minimum Gasteiger partial charge on any atom is -0.508 e. The van der Waals surface area contributed by atoms with E-state index in [0.717, 1.165) is 12.1 Å². The van der Waals surface area contributed by atoms with Crippen molar-refractivity contribution in [3.8, 4) is 5.75 Å². The predicted molar refractivity (Wildman–Crippen MR) is 58.9 cm³/mol. The van der Waals surface area contributed by atoms with Gasteiger partial charge in [-0.15, -0.1) is 12.4 Å². The zero-order valence-corrected chi connectivity index (χ0v) is 8.92. The lowest BCUT2D eigenvalue weighted by molar-refractivity contribution is 0.167. The van der Waals surface area contributed by atoms with E-state index in [2.05, 4.69) is 5.32 Å². The third-order valence-electron chi connectivity index (χ3n) is 1.95. The number of nitrogens with one attached hydrogen (secondary N) is 1. The van der Waals surface area contributed by atoms with Crippen LogP contribution in [0.15, 0.2) is 24.3 Å². The topological polar surface area (TPSA) is 52.5 Å². The molecule has 0 aliphatic heterocycles. The number of aromatic hydroxyl groups is 1. The highest BCUT2D eigenvalue weighted by Gasteiger charge is 2.05. The number of benzene rings is 1. The number of phenols is 1. The van der Waals surface area contributed by atoms with Crippen molar-refractivity contribution in [1.82, 2.24) is 5.32 Å². The maximum absolute atomic E-state index is 9.62. The molecule has 1 atom stereocenters. The first-order valence-corrected chi connectivity index (χ1v) is 4.35. The van der Waals surface area contributed by atoms with Crippen LogP contribution in [0, 0.1) is 0 Å². The Kier molecular flexibility index (Phi) is 6.28. The Morgan fingerprint density at radius 2 is 1.86 bits per heavy atom. The molecule has 0 aromatic heterocycles. The van der Waals surface area contributed by atoms with Gasteiger partial charge in [0.05, 0.1) is 6.10 Å². The molecule has 1 rings (SSSR count). The van der Waals surface area contributed by atoms with Gasteiger partial charge in [-0.2, -0.15) is 0 Å². The van der Waals surface area contributed by atoms with Crippen molar-refractivity contribution in [3.63, 3.8) is 0 Å². The molecular weight excluding hydrogens is 202 g/mol. The van der Waals surface area contributed by atoms with Gasteiger partial charge in [-0.05, 0) is 37.7 Å². The largest absolute Gasteiger partial charge is 0.508 e. The number of hydrogen-bond acceptors (Lipinski definition) is 3. The molecule has 1 aromatic rings. The van der Waals surface area contributed by atoms with Crippen molar-refractivity contribution in [2.75, 3.05) is 13.6 Å². The minimum atomic E-state index is -0.451. The third kappa shape index (κ3) is 3.96. The third-order valence-corrected chi connectivity index (χ3v) is 1.95. The van der Waals surface area contributed by atoms with Crippen LogP contribution in [0.3, 0.4) is 0 Å². The van der Waals surface area contributed by atoms with Crippen LogP contribution in [0.4, 0.5) is 0 Å². The minimum absolute atomic E-state index is 0. The average molecular weight is 218 g/mol. The van der Waals surface area contributed by atoms with Gasteiger partial charge in [0.2, 0.25) is 0 Å². The molecule has 0 saturated carbocycles. The molecule has 14 heavy (non-hydrogen) atoms. The Hall–Kier alpha value is -0.770. The molecule has 0 fully saturated rings. The second kappa shape index (κ2) is 6.65. The summed E-state index contributed by atoms with van der Waals surface area (Å²) < 4.78 is 0. The zero-order chi connectivity index (χ0) is 9.68. The van der Waals surface area contributed by atoms with Crippen molar-refractivity contribution < 1.29 is 10.2 Å². The molecule has 0 saturated heterocycles. The fraction of sp³-hybridized carbons (Fsp3) is 0.400. The van der Waals surface area contributed by atoms with Crippen molar-refractivity contribution in [3.05, 3.63) is 29.8 Å². The average Bonchev–Trinajstić information content (AvgIpc) is 2.15.